The predicted molar refractivity (Wildman–Crippen MR) is 225 cm³/mol. The van der Waals surface area contributed by atoms with Crippen molar-refractivity contribution >= 4 is 36.7 Å². The molecule has 0 bridgehead atoms. The Hall–Kier alpha value is -4.00. The van der Waals surface area contributed by atoms with Crippen LogP contribution in [0, 0.1) is 55.4 Å². The predicted octanol–water partition coefficient (Wildman–Crippen LogP) is 9.32. The molecule has 1 fully saturated rings. The normalized spacial score (nSPS) is 16.7. The van der Waals surface area contributed by atoms with E-state index in [2.05, 4.69) is 155 Å². The maximum Gasteiger partial charge on any atom is 0.598 e. The molecule has 3 aromatic rings. The Morgan fingerprint density at radius 3 is 1.62 bits per heavy atom. The zero-order valence-electron chi connectivity index (χ0n) is 35.2. The van der Waals surface area contributed by atoms with Crippen molar-refractivity contribution in [1.29, 1.82) is 0 Å². The van der Waals surface area contributed by atoms with E-state index in [9.17, 15) is 4.79 Å². The number of carbonyl (C=O) groups excluding carboxylic acids is 1. The number of unbranched alkanes of at least 4 members (excludes halogenated alkanes) is 2. The average Bonchev–Trinajstić information content (AvgIpc) is 3.28. The minimum absolute atomic E-state index is 0.250. The fourth-order valence-corrected chi connectivity index (χ4v) is 7.63. The molecule has 6 nitrogen and oxygen atoms in total. The van der Waals surface area contributed by atoms with E-state index in [1.165, 1.54) is 70.7 Å². The number of para-hydroxylation sites is 1. The average molecular weight is 717 g/mol. The van der Waals surface area contributed by atoms with E-state index in [-0.39, 0.29) is 12.8 Å². The maximum atomic E-state index is 13.1. The molecule has 0 saturated carbocycles. The SMILES string of the molecule is CCCCC.COC(=O)C1=CN(B(c2c(C)cc(C)cc2C)c2c(C)cc(C)cc2C)/C(=C/N(B2OC(C)(C)C(C)(C)O2)c2c(C)cccc2C)C=C1. The summed E-state index contributed by atoms with van der Waals surface area (Å²) in [5.74, 6) is -0.388. The lowest BCUT2D eigenvalue weighted by Gasteiger charge is -2.37. The number of ether oxygens (including phenoxy) is 1. The van der Waals surface area contributed by atoms with Crippen LogP contribution in [0.25, 0.3) is 0 Å². The molecule has 0 unspecified atom stereocenters. The lowest BCUT2D eigenvalue weighted by atomic mass is 9.45. The molecule has 2 aliphatic rings. The van der Waals surface area contributed by atoms with Crippen molar-refractivity contribution < 1.29 is 18.8 Å². The van der Waals surface area contributed by atoms with Crippen molar-refractivity contribution in [3.8, 4) is 0 Å². The first kappa shape index (κ1) is 41.8. The van der Waals surface area contributed by atoms with Gasteiger partial charge in [-0.15, -0.1) is 0 Å². The Morgan fingerprint density at radius 1 is 0.774 bits per heavy atom. The molecule has 0 aliphatic carbocycles. The molecule has 0 spiro atoms. The molecule has 53 heavy (non-hydrogen) atoms. The molecule has 3 aromatic carbocycles. The highest BCUT2D eigenvalue weighted by atomic mass is 16.7. The Bertz CT molecular complexity index is 1770. The van der Waals surface area contributed by atoms with Crippen LogP contribution >= 0.6 is 0 Å². The number of carbonyl (C=O) groups is 1. The fourth-order valence-electron chi connectivity index (χ4n) is 7.63. The van der Waals surface area contributed by atoms with E-state index >= 15 is 0 Å². The topological polar surface area (TPSA) is 51.2 Å². The Labute approximate surface area is 321 Å². The number of allylic oxidation sites excluding steroid dienone is 1. The highest BCUT2D eigenvalue weighted by molar-refractivity contribution is 6.84. The summed E-state index contributed by atoms with van der Waals surface area (Å²) in [7, 11) is 0.737. The third-order valence-electron chi connectivity index (χ3n) is 10.9. The van der Waals surface area contributed by atoms with E-state index in [1.54, 1.807) is 0 Å². The molecule has 282 valence electrons. The first-order chi connectivity index (χ1) is 24.9. The fraction of sp³-hybridized carbons (Fsp3) is 0.444. The summed E-state index contributed by atoms with van der Waals surface area (Å²) in [6.07, 6.45) is 12.0. The van der Waals surface area contributed by atoms with Gasteiger partial charge >= 0.3 is 20.1 Å². The number of aryl methyl sites for hydroxylation is 8. The lowest BCUT2D eigenvalue weighted by Crippen LogP contribution is -2.58. The van der Waals surface area contributed by atoms with Gasteiger partial charge in [0.1, 0.15) is 0 Å². The van der Waals surface area contributed by atoms with Crippen LogP contribution in [-0.2, 0) is 18.8 Å². The molecule has 0 amide bonds. The Balaban J connectivity index is 0.00000117. The van der Waals surface area contributed by atoms with Gasteiger partial charge in [-0.3, -0.25) is 0 Å². The second-order valence-electron chi connectivity index (χ2n) is 16.0. The summed E-state index contributed by atoms with van der Waals surface area (Å²) in [6.45, 7) is 29.7. The minimum atomic E-state index is -0.687. The molecule has 0 N–H and O–H groups in total. The molecule has 8 heteroatoms. The monoisotopic (exact) mass is 716 g/mol. The van der Waals surface area contributed by atoms with Crippen LogP contribution in [-0.4, -0.2) is 43.2 Å². The Kier molecular flexibility index (Phi) is 13.4. The van der Waals surface area contributed by atoms with Gasteiger partial charge in [0.2, 0.25) is 0 Å². The summed E-state index contributed by atoms with van der Waals surface area (Å²) in [5.41, 5.74) is 13.1. The number of esters is 1. The van der Waals surface area contributed by atoms with E-state index in [1.807, 2.05) is 18.4 Å². The second-order valence-corrected chi connectivity index (χ2v) is 16.0. The first-order valence-electron chi connectivity index (χ1n) is 19.2. The smallest absolute Gasteiger partial charge is 0.465 e. The standard InChI is InChI=1S/C40H50B2N2O4.C5H12/c1-25-19-29(5)35(30(6)20-25)41(36-31(7)21-26(2)22-32(36)8)43-23-33(38(45)46-13)17-18-34(43)24-44(37-27(3)15-14-16-28(37)4)42-47-39(9,10)40(11,12)48-42;1-3-5-4-2/h14-24H,1-13H3;3-5H2,1-2H3/b34-24+;. The van der Waals surface area contributed by atoms with Crippen LogP contribution in [0.3, 0.4) is 0 Å². The second kappa shape index (κ2) is 17.0. The van der Waals surface area contributed by atoms with Crippen LogP contribution in [0.4, 0.5) is 5.69 Å². The quantitative estimate of drug-likeness (QED) is 0.163. The van der Waals surface area contributed by atoms with E-state index in [0.717, 1.165) is 22.5 Å². The lowest BCUT2D eigenvalue weighted by molar-refractivity contribution is -0.135. The van der Waals surface area contributed by atoms with Gasteiger partial charge < -0.3 is 23.7 Å². The van der Waals surface area contributed by atoms with Gasteiger partial charge in [0.05, 0.1) is 23.9 Å². The molecule has 2 heterocycles. The molecule has 0 aromatic heterocycles. The molecule has 0 atom stereocenters. The van der Waals surface area contributed by atoms with Crippen molar-refractivity contribution in [3.63, 3.8) is 0 Å². The van der Waals surface area contributed by atoms with E-state index in [4.69, 9.17) is 14.0 Å². The summed E-state index contributed by atoms with van der Waals surface area (Å²) >= 11 is 0. The first-order valence-corrected chi connectivity index (χ1v) is 19.2. The van der Waals surface area contributed by atoms with Crippen molar-refractivity contribution in [1.82, 2.24) is 4.81 Å². The van der Waals surface area contributed by atoms with E-state index < -0.39 is 18.5 Å². The van der Waals surface area contributed by atoms with Crippen molar-refractivity contribution in [2.75, 3.05) is 11.9 Å². The number of hydrogen-bond acceptors (Lipinski definition) is 6. The van der Waals surface area contributed by atoms with Gasteiger partial charge in [-0.1, -0.05) is 109 Å². The van der Waals surface area contributed by atoms with E-state index in [0.29, 0.717) is 5.57 Å². The highest BCUT2D eigenvalue weighted by Gasteiger charge is 2.54. The largest absolute Gasteiger partial charge is 0.598 e. The molecule has 2 aliphatic heterocycles. The highest BCUT2D eigenvalue weighted by Crippen LogP contribution is 2.40. The Morgan fingerprint density at radius 2 is 1.23 bits per heavy atom. The molecule has 5 rings (SSSR count). The third kappa shape index (κ3) is 9.04. The van der Waals surface area contributed by atoms with Crippen LogP contribution in [0.15, 0.2) is 78.3 Å². The minimum Gasteiger partial charge on any atom is -0.465 e. The molecule has 0 radical (unpaired) electrons. The number of nitrogens with zero attached hydrogens (tertiary/aromatic N) is 2. The van der Waals surface area contributed by atoms with Gasteiger partial charge in [0, 0.05) is 23.8 Å². The molecular weight excluding hydrogens is 654 g/mol. The van der Waals surface area contributed by atoms with Gasteiger partial charge in [-0.2, -0.15) is 0 Å². The molecular formula is C45H62B2N2O4. The van der Waals surface area contributed by atoms with Crippen LogP contribution in [0.1, 0.15) is 105 Å². The van der Waals surface area contributed by atoms with Crippen LogP contribution in [0.5, 0.6) is 0 Å². The third-order valence-corrected chi connectivity index (χ3v) is 10.9. The maximum absolute atomic E-state index is 13.1. The van der Waals surface area contributed by atoms with Crippen LogP contribution < -0.4 is 15.7 Å². The number of anilines is 1. The van der Waals surface area contributed by atoms with Crippen molar-refractivity contribution in [2.24, 2.45) is 0 Å². The number of hydrogen-bond donors (Lipinski definition) is 0. The summed E-state index contributed by atoms with van der Waals surface area (Å²) in [5, 5.41) is 0. The summed E-state index contributed by atoms with van der Waals surface area (Å²) in [4.78, 5) is 17.5. The number of rotatable bonds is 9. The molecule has 1 saturated heterocycles. The number of benzene rings is 3. The van der Waals surface area contributed by atoms with Gasteiger partial charge in [-0.25, -0.2) is 4.79 Å². The summed E-state index contributed by atoms with van der Waals surface area (Å²) in [6, 6.07) is 15.3. The zero-order chi connectivity index (χ0) is 39.4. The number of methoxy groups -OCH3 is 1. The van der Waals surface area contributed by atoms with Crippen molar-refractivity contribution in [3.05, 3.63) is 123 Å². The zero-order valence-corrected chi connectivity index (χ0v) is 35.2. The van der Waals surface area contributed by atoms with Crippen molar-refractivity contribution in [2.45, 2.75) is 127 Å². The summed E-state index contributed by atoms with van der Waals surface area (Å²) < 4.78 is 18.7. The van der Waals surface area contributed by atoms with Gasteiger partial charge in [-0.05, 0) is 117 Å². The van der Waals surface area contributed by atoms with Gasteiger partial charge in [0.15, 0.2) is 0 Å². The van der Waals surface area contributed by atoms with Crippen LogP contribution in [0.2, 0.25) is 0 Å². The van der Waals surface area contributed by atoms with Gasteiger partial charge in [0.25, 0.3) is 0 Å².